The van der Waals surface area contributed by atoms with E-state index in [4.69, 9.17) is 32.7 Å². The van der Waals surface area contributed by atoms with Crippen LogP contribution in [0.2, 0.25) is 0 Å². The van der Waals surface area contributed by atoms with Gasteiger partial charge in [-0.2, -0.15) is 0 Å². The molecule has 2 nitrogen and oxygen atoms in total. The van der Waals surface area contributed by atoms with Gasteiger partial charge < -0.3 is 9.47 Å². The first-order valence-corrected chi connectivity index (χ1v) is 5.09. The molecule has 3 unspecified atom stereocenters. The first-order valence-electron chi connectivity index (χ1n) is 4.12. The number of alkyl halides is 2. The van der Waals surface area contributed by atoms with Gasteiger partial charge in [0.1, 0.15) is 5.60 Å². The molecule has 0 saturated carbocycles. The van der Waals surface area contributed by atoms with E-state index < -0.39 is 5.60 Å². The minimum absolute atomic E-state index is 0.149. The van der Waals surface area contributed by atoms with E-state index in [2.05, 4.69) is 0 Å². The quantitative estimate of drug-likeness (QED) is 0.655. The zero-order valence-electron chi connectivity index (χ0n) is 7.35. The Hall–Kier alpha value is 0.500. The van der Waals surface area contributed by atoms with Crippen LogP contribution in [0.5, 0.6) is 0 Å². The number of hydrogen-bond donors (Lipinski definition) is 0. The van der Waals surface area contributed by atoms with Gasteiger partial charge in [0.2, 0.25) is 0 Å². The molecule has 1 rings (SSSR count). The molecular formula is C8H14Cl2O2. The molecule has 0 aromatic carbocycles. The molecule has 72 valence electrons. The molecule has 1 heterocycles. The first kappa shape index (κ1) is 10.6. The number of hydrogen-bond acceptors (Lipinski definition) is 2. The van der Waals surface area contributed by atoms with Crippen molar-refractivity contribution >= 4 is 23.2 Å². The molecule has 0 aromatic heterocycles. The molecule has 1 saturated heterocycles. The van der Waals surface area contributed by atoms with Gasteiger partial charge >= 0.3 is 0 Å². The van der Waals surface area contributed by atoms with Gasteiger partial charge in [0.15, 0.2) is 6.29 Å². The maximum absolute atomic E-state index is 6.01. The van der Waals surface area contributed by atoms with Crippen LogP contribution in [0, 0.1) is 0 Å². The summed E-state index contributed by atoms with van der Waals surface area (Å²) < 4.78 is 10.9. The van der Waals surface area contributed by atoms with E-state index in [9.17, 15) is 0 Å². The SMILES string of the molecule is CCC1OCC(Cl)C(C)(CCl)O1. The fourth-order valence-electron chi connectivity index (χ4n) is 1.09. The van der Waals surface area contributed by atoms with Crippen molar-refractivity contribution in [3.63, 3.8) is 0 Å². The maximum atomic E-state index is 6.01. The van der Waals surface area contributed by atoms with Crippen molar-refractivity contribution in [2.24, 2.45) is 0 Å². The van der Waals surface area contributed by atoms with Crippen LogP contribution in [0.3, 0.4) is 0 Å². The third kappa shape index (κ3) is 2.05. The zero-order valence-corrected chi connectivity index (χ0v) is 8.86. The van der Waals surface area contributed by atoms with Gasteiger partial charge in [0.25, 0.3) is 0 Å². The van der Waals surface area contributed by atoms with Gasteiger partial charge in [-0.3, -0.25) is 0 Å². The lowest BCUT2D eigenvalue weighted by atomic mass is 10.0. The molecule has 3 atom stereocenters. The molecule has 4 heteroatoms. The predicted octanol–water partition coefficient (Wildman–Crippen LogP) is 2.37. The monoisotopic (exact) mass is 212 g/mol. The molecule has 0 radical (unpaired) electrons. The van der Waals surface area contributed by atoms with Crippen LogP contribution < -0.4 is 0 Å². The van der Waals surface area contributed by atoms with Gasteiger partial charge in [-0.1, -0.05) is 6.92 Å². The molecule has 1 aliphatic rings. The van der Waals surface area contributed by atoms with E-state index >= 15 is 0 Å². The summed E-state index contributed by atoms with van der Waals surface area (Å²) in [5.74, 6) is 0.404. The highest BCUT2D eigenvalue weighted by Gasteiger charge is 2.40. The van der Waals surface area contributed by atoms with Crippen LogP contribution >= 0.6 is 23.2 Å². The summed E-state index contributed by atoms with van der Waals surface area (Å²) in [6.45, 7) is 4.44. The summed E-state index contributed by atoms with van der Waals surface area (Å²) in [6, 6.07) is 0. The van der Waals surface area contributed by atoms with Gasteiger partial charge in [-0.05, 0) is 13.3 Å². The van der Waals surface area contributed by atoms with E-state index in [1.54, 1.807) is 0 Å². The normalized spacial score (nSPS) is 43.0. The van der Waals surface area contributed by atoms with Gasteiger partial charge in [0, 0.05) is 0 Å². The van der Waals surface area contributed by atoms with Crippen LogP contribution in [0.25, 0.3) is 0 Å². The van der Waals surface area contributed by atoms with Crippen LogP contribution in [0.1, 0.15) is 20.3 Å². The molecule has 0 spiro atoms. The molecule has 0 aliphatic carbocycles. The van der Waals surface area contributed by atoms with Crippen molar-refractivity contribution in [2.45, 2.75) is 37.5 Å². The van der Waals surface area contributed by atoms with Crippen LogP contribution in [0.15, 0.2) is 0 Å². The zero-order chi connectivity index (χ0) is 9.19. The van der Waals surface area contributed by atoms with E-state index in [0.29, 0.717) is 12.5 Å². The molecule has 0 amide bonds. The standard InChI is InChI=1S/C8H14Cl2O2/c1-3-7-11-4-6(10)8(2,5-9)12-7/h6-7H,3-5H2,1-2H3. The Morgan fingerprint density at radius 3 is 2.75 bits per heavy atom. The summed E-state index contributed by atoms with van der Waals surface area (Å²) >= 11 is 11.8. The highest BCUT2D eigenvalue weighted by molar-refractivity contribution is 6.23. The molecule has 12 heavy (non-hydrogen) atoms. The van der Waals surface area contributed by atoms with Crippen LogP contribution in [-0.2, 0) is 9.47 Å². The first-order chi connectivity index (χ1) is 5.62. The Bertz CT molecular complexity index is 154. The molecule has 1 aliphatic heterocycles. The van der Waals surface area contributed by atoms with Crippen molar-refractivity contribution < 1.29 is 9.47 Å². The van der Waals surface area contributed by atoms with Gasteiger partial charge in [0.05, 0.1) is 17.9 Å². The minimum atomic E-state index is -0.442. The summed E-state index contributed by atoms with van der Waals surface area (Å²) in [5, 5.41) is -0.155. The lowest BCUT2D eigenvalue weighted by molar-refractivity contribution is -0.241. The summed E-state index contributed by atoms with van der Waals surface area (Å²) in [5.41, 5.74) is -0.442. The molecular weight excluding hydrogens is 199 g/mol. The number of rotatable bonds is 2. The molecule has 1 fully saturated rings. The molecule has 0 aromatic rings. The largest absolute Gasteiger partial charge is 0.351 e. The average molecular weight is 213 g/mol. The second-order valence-corrected chi connectivity index (χ2v) is 4.00. The van der Waals surface area contributed by atoms with Crippen molar-refractivity contribution in [1.82, 2.24) is 0 Å². The lowest BCUT2D eigenvalue weighted by Crippen LogP contribution is -2.51. The van der Waals surface area contributed by atoms with E-state index in [1.807, 2.05) is 13.8 Å². The van der Waals surface area contributed by atoms with Crippen LogP contribution in [-0.4, -0.2) is 29.8 Å². The Morgan fingerprint density at radius 1 is 1.58 bits per heavy atom. The Morgan fingerprint density at radius 2 is 2.25 bits per heavy atom. The highest BCUT2D eigenvalue weighted by atomic mass is 35.5. The Labute approximate surface area is 83.1 Å². The molecule has 0 bridgehead atoms. The summed E-state index contributed by atoms with van der Waals surface area (Å²) in [7, 11) is 0. The summed E-state index contributed by atoms with van der Waals surface area (Å²) in [4.78, 5) is 0. The smallest absolute Gasteiger partial charge is 0.158 e. The van der Waals surface area contributed by atoms with Gasteiger partial charge in [-0.15, -0.1) is 23.2 Å². The fraction of sp³-hybridized carbons (Fsp3) is 1.00. The summed E-state index contributed by atoms with van der Waals surface area (Å²) in [6.07, 6.45) is 0.680. The van der Waals surface area contributed by atoms with E-state index in [0.717, 1.165) is 6.42 Å². The Kier molecular flexibility index (Phi) is 3.65. The number of ether oxygens (including phenoxy) is 2. The van der Waals surface area contributed by atoms with Gasteiger partial charge in [-0.25, -0.2) is 0 Å². The third-order valence-corrected chi connectivity index (χ3v) is 3.21. The predicted molar refractivity (Wildman–Crippen MR) is 49.9 cm³/mol. The molecule has 0 N–H and O–H groups in total. The second kappa shape index (κ2) is 4.14. The van der Waals surface area contributed by atoms with Crippen LogP contribution in [0.4, 0.5) is 0 Å². The Balaban J connectivity index is 2.58. The highest BCUT2D eigenvalue weighted by Crippen LogP contribution is 2.30. The van der Waals surface area contributed by atoms with Crippen molar-refractivity contribution in [2.75, 3.05) is 12.5 Å². The fourth-order valence-corrected chi connectivity index (χ4v) is 1.62. The van der Waals surface area contributed by atoms with Crippen molar-refractivity contribution in [1.29, 1.82) is 0 Å². The third-order valence-electron chi connectivity index (χ3n) is 2.09. The minimum Gasteiger partial charge on any atom is -0.351 e. The maximum Gasteiger partial charge on any atom is 0.158 e. The van der Waals surface area contributed by atoms with Crippen molar-refractivity contribution in [3.8, 4) is 0 Å². The van der Waals surface area contributed by atoms with E-state index in [1.165, 1.54) is 0 Å². The number of halogens is 2. The van der Waals surface area contributed by atoms with Crippen molar-refractivity contribution in [3.05, 3.63) is 0 Å². The second-order valence-electron chi connectivity index (χ2n) is 3.20. The topological polar surface area (TPSA) is 18.5 Å². The average Bonchev–Trinajstić information content (AvgIpc) is 2.10. The van der Waals surface area contributed by atoms with E-state index in [-0.39, 0.29) is 11.7 Å². The lowest BCUT2D eigenvalue weighted by Gasteiger charge is -2.40.